The lowest BCUT2D eigenvalue weighted by atomic mass is 10.2. The van der Waals surface area contributed by atoms with Crippen LogP contribution in [0.5, 0.6) is 0 Å². The first-order chi connectivity index (χ1) is 10.7. The fourth-order valence-electron chi connectivity index (χ4n) is 1.96. The Bertz CT molecular complexity index is 843. The van der Waals surface area contributed by atoms with Crippen LogP contribution in [0, 0.1) is 6.92 Å². The minimum atomic E-state index is -4.16. The van der Waals surface area contributed by atoms with Crippen LogP contribution in [0.25, 0.3) is 0 Å². The zero-order chi connectivity index (χ0) is 17.2. The standard InChI is InChI=1S/C15H15N3O4S/c1-10-2-8-13(9-3-10)23(21,22)18(15(17)20)12-6-4-11(5-7-12)14(16)19/h2-9H,1H3,(H2,16,19)(H2,17,20). The third-order valence-corrected chi connectivity index (χ3v) is 4.89. The molecule has 0 spiro atoms. The van der Waals surface area contributed by atoms with E-state index in [0.29, 0.717) is 4.31 Å². The summed E-state index contributed by atoms with van der Waals surface area (Å²) in [6.07, 6.45) is 0. The highest BCUT2D eigenvalue weighted by atomic mass is 32.2. The molecule has 0 aliphatic carbocycles. The third-order valence-electron chi connectivity index (χ3n) is 3.15. The van der Waals surface area contributed by atoms with Gasteiger partial charge in [0.05, 0.1) is 10.6 Å². The molecule has 8 heteroatoms. The summed E-state index contributed by atoms with van der Waals surface area (Å²) in [7, 11) is -4.16. The van der Waals surface area contributed by atoms with Gasteiger partial charge < -0.3 is 11.5 Å². The number of amides is 3. The number of rotatable bonds is 4. The average Bonchev–Trinajstić information content (AvgIpc) is 2.47. The van der Waals surface area contributed by atoms with Gasteiger partial charge in [-0.2, -0.15) is 4.31 Å². The van der Waals surface area contributed by atoms with Crippen LogP contribution in [-0.4, -0.2) is 20.4 Å². The van der Waals surface area contributed by atoms with Crippen molar-refractivity contribution in [1.82, 2.24) is 0 Å². The van der Waals surface area contributed by atoms with Crippen LogP contribution in [0.4, 0.5) is 10.5 Å². The maximum atomic E-state index is 12.6. The number of hydrogen-bond acceptors (Lipinski definition) is 4. The van der Waals surface area contributed by atoms with E-state index in [-0.39, 0.29) is 16.1 Å². The van der Waals surface area contributed by atoms with E-state index in [1.807, 2.05) is 6.92 Å². The average molecular weight is 333 g/mol. The van der Waals surface area contributed by atoms with E-state index in [0.717, 1.165) is 5.56 Å². The van der Waals surface area contributed by atoms with Gasteiger partial charge in [0.15, 0.2) is 0 Å². The molecule has 23 heavy (non-hydrogen) atoms. The van der Waals surface area contributed by atoms with E-state index in [4.69, 9.17) is 11.5 Å². The lowest BCUT2D eigenvalue weighted by molar-refractivity contribution is 0.100. The highest BCUT2D eigenvalue weighted by Crippen LogP contribution is 2.24. The number of sulfonamides is 1. The Labute approximate surface area is 133 Å². The van der Waals surface area contributed by atoms with Crippen molar-refractivity contribution in [3.63, 3.8) is 0 Å². The monoisotopic (exact) mass is 333 g/mol. The predicted octanol–water partition coefficient (Wildman–Crippen LogP) is 1.37. The van der Waals surface area contributed by atoms with E-state index < -0.39 is 22.0 Å². The third kappa shape index (κ3) is 3.32. The van der Waals surface area contributed by atoms with Crippen LogP contribution in [0.3, 0.4) is 0 Å². The summed E-state index contributed by atoms with van der Waals surface area (Å²) in [6, 6.07) is 10.1. The molecular formula is C15H15N3O4S. The van der Waals surface area contributed by atoms with Gasteiger partial charge in [-0.05, 0) is 43.3 Å². The van der Waals surface area contributed by atoms with E-state index in [2.05, 4.69) is 0 Å². The Kier molecular flexibility index (Phi) is 4.37. The first-order valence-electron chi connectivity index (χ1n) is 6.55. The first-order valence-corrected chi connectivity index (χ1v) is 7.99. The largest absolute Gasteiger partial charge is 0.366 e. The molecule has 0 unspecified atom stereocenters. The van der Waals surface area contributed by atoms with E-state index in [1.165, 1.54) is 36.4 Å². The van der Waals surface area contributed by atoms with Crippen LogP contribution >= 0.6 is 0 Å². The maximum Gasteiger partial charge on any atom is 0.333 e. The molecule has 0 radical (unpaired) electrons. The number of nitrogens with zero attached hydrogens (tertiary/aromatic N) is 1. The Hall–Kier alpha value is -2.87. The molecule has 0 aliphatic rings. The van der Waals surface area contributed by atoms with Gasteiger partial charge in [0.2, 0.25) is 5.91 Å². The second kappa shape index (κ2) is 6.09. The molecule has 4 N–H and O–H groups in total. The van der Waals surface area contributed by atoms with Gasteiger partial charge in [-0.1, -0.05) is 17.7 Å². The Balaban J connectivity index is 2.51. The fourth-order valence-corrected chi connectivity index (χ4v) is 3.29. The normalized spacial score (nSPS) is 11.0. The van der Waals surface area contributed by atoms with Crippen LogP contribution in [0.15, 0.2) is 53.4 Å². The number of primary amides is 2. The molecule has 0 saturated carbocycles. The Morgan fingerprint density at radius 1 is 0.913 bits per heavy atom. The minimum Gasteiger partial charge on any atom is -0.366 e. The Morgan fingerprint density at radius 2 is 1.43 bits per heavy atom. The summed E-state index contributed by atoms with van der Waals surface area (Å²) in [5.74, 6) is -0.663. The SMILES string of the molecule is Cc1ccc(S(=O)(=O)N(C(N)=O)c2ccc(C(N)=O)cc2)cc1. The molecule has 2 aromatic rings. The molecular weight excluding hydrogens is 318 g/mol. The second-order valence-electron chi connectivity index (χ2n) is 4.83. The number of urea groups is 1. The van der Waals surface area contributed by atoms with Crippen molar-refractivity contribution in [3.05, 3.63) is 59.7 Å². The molecule has 2 aromatic carbocycles. The van der Waals surface area contributed by atoms with Gasteiger partial charge in [0.1, 0.15) is 0 Å². The lowest BCUT2D eigenvalue weighted by Gasteiger charge is -2.20. The summed E-state index contributed by atoms with van der Waals surface area (Å²) in [4.78, 5) is 22.7. The number of hydrogen-bond donors (Lipinski definition) is 2. The number of nitrogens with two attached hydrogens (primary N) is 2. The van der Waals surface area contributed by atoms with Crippen molar-refractivity contribution in [2.75, 3.05) is 4.31 Å². The number of benzene rings is 2. The van der Waals surface area contributed by atoms with Crippen molar-refractivity contribution >= 4 is 27.6 Å². The molecule has 0 atom stereocenters. The predicted molar refractivity (Wildman–Crippen MR) is 85.4 cm³/mol. The van der Waals surface area contributed by atoms with Crippen LogP contribution in [0.1, 0.15) is 15.9 Å². The molecule has 7 nitrogen and oxygen atoms in total. The van der Waals surface area contributed by atoms with Gasteiger partial charge in [0.25, 0.3) is 10.0 Å². The molecule has 0 bridgehead atoms. The number of carbonyl (C=O) groups is 2. The smallest absolute Gasteiger partial charge is 0.333 e. The summed E-state index contributed by atoms with van der Waals surface area (Å²) >= 11 is 0. The summed E-state index contributed by atoms with van der Waals surface area (Å²) in [5, 5.41) is 0. The van der Waals surface area contributed by atoms with Crippen LogP contribution in [0.2, 0.25) is 0 Å². The zero-order valence-corrected chi connectivity index (χ0v) is 13.1. The van der Waals surface area contributed by atoms with Gasteiger partial charge >= 0.3 is 6.03 Å². The molecule has 2 rings (SSSR count). The molecule has 3 amide bonds. The highest BCUT2D eigenvalue weighted by Gasteiger charge is 2.29. The van der Waals surface area contributed by atoms with Crippen molar-refractivity contribution in [2.24, 2.45) is 11.5 Å². The summed E-state index contributed by atoms with van der Waals surface area (Å²) in [5.41, 5.74) is 11.4. The van der Waals surface area contributed by atoms with Crippen molar-refractivity contribution in [2.45, 2.75) is 11.8 Å². The molecule has 0 aliphatic heterocycles. The summed E-state index contributed by atoms with van der Waals surface area (Å²) < 4.78 is 25.8. The van der Waals surface area contributed by atoms with Gasteiger partial charge in [-0.25, -0.2) is 13.2 Å². The van der Waals surface area contributed by atoms with E-state index in [1.54, 1.807) is 12.1 Å². The lowest BCUT2D eigenvalue weighted by Crippen LogP contribution is -2.40. The molecule has 0 aromatic heterocycles. The van der Waals surface area contributed by atoms with Gasteiger partial charge in [-0.15, -0.1) is 0 Å². The zero-order valence-electron chi connectivity index (χ0n) is 12.3. The maximum absolute atomic E-state index is 12.6. The Morgan fingerprint density at radius 3 is 1.87 bits per heavy atom. The molecule has 0 heterocycles. The second-order valence-corrected chi connectivity index (χ2v) is 6.62. The van der Waals surface area contributed by atoms with Crippen LogP contribution in [-0.2, 0) is 10.0 Å². The van der Waals surface area contributed by atoms with Crippen LogP contribution < -0.4 is 15.8 Å². The van der Waals surface area contributed by atoms with E-state index >= 15 is 0 Å². The van der Waals surface area contributed by atoms with E-state index in [9.17, 15) is 18.0 Å². The molecule has 0 saturated heterocycles. The number of anilines is 1. The number of carbonyl (C=O) groups excluding carboxylic acids is 2. The van der Waals surface area contributed by atoms with Crippen molar-refractivity contribution in [3.8, 4) is 0 Å². The molecule has 0 fully saturated rings. The molecule has 120 valence electrons. The van der Waals surface area contributed by atoms with Gasteiger partial charge in [-0.3, -0.25) is 4.79 Å². The fraction of sp³-hybridized carbons (Fsp3) is 0.0667. The number of aryl methyl sites for hydroxylation is 1. The minimum absolute atomic E-state index is 0.0167. The topological polar surface area (TPSA) is 124 Å². The van der Waals surface area contributed by atoms with Crippen molar-refractivity contribution in [1.29, 1.82) is 0 Å². The van der Waals surface area contributed by atoms with Gasteiger partial charge in [0, 0.05) is 5.56 Å². The quantitative estimate of drug-likeness (QED) is 0.876. The van der Waals surface area contributed by atoms with Crippen molar-refractivity contribution < 1.29 is 18.0 Å². The highest BCUT2D eigenvalue weighted by molar-refractivity contribution is 7.93. The first kappa shape index (κ1) is 16.5. The summed E-state index contributed by atoms with van der Waals surface area (Å²) in [6.45, 7) is 1.81.